The first-order valence-electron chi connectivity index (χ1n) is 7.24. The topological polar surface area (TPSA) is 116 Å². The molecular weight excluding hydrogens is 340 g/mol. The average Bonchev–Trinajstić information content (AvgIpc) is 2.53. The number of benzene rings is 1. The fourth-order valence-corrected chi connectivity index (χ4v) is 2.73. The minimum absolute atomic E-state index is 0.0594. The van der Waals surface area contributed by atoms with Gasteiger partial charge in [0.05, 0.1) is 18.1 Å². The molecule has 0 aromatic heterocycles. The number of aryl methyl sites for hydroxylation is 1. The number of hydrogen-bond donors (Lipinski definition) is 1. The average molecular weight is 360 g/mol. The number of carbonyl (C=O) groups is 2. The van der Waals surface area contributed by atoms with Gasteiger partial charge in [0.25, 0.3) is 10.1 Å². The molecule has 24 heavy (non-hydrogen) atoms. The minimum Gasteiger partial charge on any atom is -0.464 e. The molecular formula is C15H20O8S. The van der Waals surface area contributed by atoms with Crippen LogP contribution in [0.25, 0.3) is 0 Å². The highest BCUT2D eigenvalue weighted by Gasteiger charge is 2.39. The molecule has 0 unspecified atom stereocenters. The van der Waals surface area contributed by atoms with E-state index >= 15 is 0 Å². The van der Waals surface area contributed by atoms with Crippen LogP contribution >= 0.6 is 0 Å². The van der Waals surface area contributed by atoms with Crippen molar-refractivity contribution < 1.29 is 36.8 Å². The second kappa shape index (κ2) is 8.76. The van der Waals surface area contributed by atoms with Gasteiger partial charge < -0.3 is 14.6 Å². The molecule has 1 rings (SSSR count). The molecule has 0 bridgehead atoms. The standard InChI is InChI=1S/C15H20O8S/c1-4-21-14(17)12(16)13(15(18)22-5-2)23-24(19,20)11-8-6-10(3)7-9-11/h6-9,12-13,16H,4-5H2,1-3H3/t12-,13-/m1/s1. The number of aliphatic hydroxyl groups is 1. The molecule has 0 saturated heterocycles. The first-order valence-corrected chi connectivity index (χ1v) is 8.65. The second-order valence-corrected chi connectivity index (χ2v) is 6.31. The van der Waals surface area contributed by atoms with Crippen LogP contribution in [0.5, 0.6) is 0 Å². The van der Waals surface area contributed by atoms with E-state index in [1.807, 2.05) is 0 Å². The molecule has 0 aliphatic rings. The molecule has 0 aliphatic heterocycles. The van der Waals surface area contributed by atoms with E-state index in [1.165, 1.54) is 38.1 Å². The summed E-state index contributed by atoms with van der Waals surface area (Å²) in [6.07, 6.45) is -4.19. The maximum atomic E-state index is 12.3. The quantitative estimate of drug-likeness (QED) is 0.528. The third-order valence-corrected chi connectivity index (χ3v) is 4.18. The van der Waals surface area contributed by atoms with Gasteiger partial charge in [0, 0.05) is 0 Å². The van der Waals surface area contributed by atoms with Gasteiger partial charge in [-0.25, -0.2) is 13.8 Å². The third-order valence-electron chi connectivity index (χ3n) is 2.87. The summed E-state index contributed by atoms with van der Waals surface area (Å²) in [5.41, 5.74) is 0.822. The highest BCUT2D eigenvalue weighted by atomic mass is 32.2. The van der Waals surface area contributed by atoms with E-state index in [9.17, 15) is 23.1 Å². The highest BCUT2D eigenvalue weighted by Crippen LogP contribution is 2.18. The molecule has 8 nitrogen and oxygen atoms in total. The zero-order chi connectivity index (χ0) is 18.3. The lowest BCUT2D eigenvalue weighted by Crippen LogP contribution is -2.44. The molecule has 0 amide bonds. The summed E-state index contributed by atoms with van der Waals surface area (Å²) in [6, 6.07) is 5.64. The van der Waals surface area contributed by atoms with E-state index in [0.717, 1.165) is 5.56 Å². The van der Waals surface area contributed by atoms with Crippen LogP contribution in [0.2, 0.25) is 0 Å². The van der Waals surface area contributed by atoms with Crippen molar-refractivity contribution in [1.29, 1.82) is 0 Å². The van der Waals surface area contributed by atoms with Crippen LogP contribution in [0.4, 0.5) is 0 Å². The number of carbonyl (C=O) groups excluding carboxylic acids is 2. The summed E-state index contributed by atoms with van der Waals surface area (Å²) in [6.45, 7) is 4.60. The Balaban J connectivity index is 3.08. The van der Waals surface area contributed by atoms with E-state index in [1.54, 1.807) is 6.92 Å². The zero-order valence-corrected chi connectivity index (χ0v) is 14.4. The van der Waals surface area contributed by atoms with Gasteiger partial charge in [0.2, 0.25) is 6.10 Å². The van der Waals surface area contributed by atoms with Gasteiger partial charge in [0.15, 0.2) is 6.10 Å². The number of aliphatic hydroxyl groups excluding tert-OH is 1. The van der Waals surface area contributed by atoms with Gasteiger partial charge >= 0.3 is 11.9 Å². The largest absolute Gasteiger partial charge is 0.464 e. The zero-order valence-electron chi connectivity index (χ0n) is 13.6. The number of hydrogen-bond acceptors (Lipinski definition) is 8. The molecule has 2 atom stereocenters. The molecule has 134 valence electrons. The van der Waals surface area contributed by atoms with E-state index in [0.29, 0.717) is 0 Å². The summed E-state index contributed by atoms with van der Waals surface area (Å²) in [4.78, 5) is 23.3. The molecule has 1 N–H and O–H groups in total. The lowest BCUT2D eigenvalue weighted by Gasteiger charge is -2.20. The predicted octanol–water partition coefficient (Wildman–Crippen LogP) is 0.556. The Bertz CT molecular complexity index is 665. The van der Waals surface area contributed by atoms with E-state index in [4.69, 9.17) is 4.18 Å². The minimum atomic E-state index is -4.40. The van der Waals surface area contributed by atoms with Crippen molar-refractivity contribution in [2.75, 3.05) is 13.2 Å². The molecule has 9 heteroatoms. The van der Waals surface area contributed by atoms with Crippen molar-refractivity contribution in [1.82, 2.24) is 0 Å². The van der Waals surface area contributed by atoms with E-state index < -0.39 is 34.3 Å². The molecule has 1 aromatic carbocycles. The number of ether oxygens (including phenoxy) is 2. The summed E-state index contributed by atoms with van der Waals surface area (Å²) in [5, 5.41) is 9.90. The van der Waals surface area contributed by atoms with Gasteiger partial charge in [-0.3, -0.25) is 0 Å². The normalized spacial score (nSPS) is 13.8. The molecule has 0 radical (unpaired) electrons. The van der Waals surface area contributed by atoms with Crippen LogP contribution < -0.4 is 0 Å². The molecule has 0 aliphatic carbocycles. The Morgan fingerprint density at radius 3 is 2.04 bits per heavy atom. The van der Waals surface area contributed by atoms with Crippen molar-refractivity contribution in [2.45, 2.75) is 37.9 Å². The SMILES string of the molecule is CCOC(=O)[C@H](O)[C@@H](OS(=O)(=O)c1ccc(C)cc1)C(=O)OCC. The fourth-order valence-electron chi connectivity index (χ4n) is 1.69. The smallest absolute Gasteiger partial charge is 0.340 e. The second-order valence-electron chi connectivity index (χ2n) is 4.73. The number of rotatable bonds is 8. The lowest BCUT2D eigenvalue weighted by molar-refractivity contribution is -0.170. The van der Waals surface area contributed by atoms with Gasteiger partial charge in [0.1, 0.15) is 0 Å². The molecule has 0 heterocycles. The van der Waals surface area contributed by atoms with Crippen molar-refractivity contribution in [3.63, 3.8) is 0 Å². The molecule has 0 spiro atoms. The Morgan fingerprint density at radius 2 is 1.54 bits per heavy atom. The summed E-state index contributed by atoms with van der Waals surface area (Å²) >= 11 is 0. The van der Waals surface area contributed by atoms with Crippen LogP contribution in [0.3, 0.4) is 0 Å². The van der Waals surface area contributed by atoms with Crippen LogP contribution in [-0.4, -0.2) is 50.9 Å². The van der Waals surface area contributed by atoms with E-state index in [-0.39, 0.29) is 18.1 Å². The summed E-state index contributed by atoms with van der Waals surface area (Å²) < 4.78 is 38.5. The van der Waals surface area contributed by atoms with Gasteiger partial charge in [-0.2, -0.15) is 8.42 Å². The van der Waals surface area contributed by atoms with Crippen molar-refractivity contribution in [3.8, 4) is 0 Å². The summed E-state index contributed by atoms with van der Waals surface area (Å²) in [7, 11) is -4.40. The Kier molecular flexibility index (Phi) is 7.33. The van der Waals surface area contributed by atoms with E-state index in [2.05, 4.69) is 9.47 Å². The van der Waals surface area contributed by atoms with Gasteiger partial charge in [-0.05, 0) is 32.9 Å². The van der Waals surface area contributed by atoms with Gasteiger partial charge in [-0.15, -0.1) is 0 Å². The van der Waals surface area contributed by atoms with Crippen LogP contribution in [-0.2, 0) is 33.4 Å². The first kappa shape index (κ1) is 20.1. The maximum Gasteiger partial charge on any atom is 0.340 e. The Labute approximate surface area is 140 Å². The fraction of sp³-hybridized carbons (Fsp3) is 0.467. The number of esters is 2. The molecule has 0 saturated carbocycles. The Hall–Kier alpha value is -1.97. The Morgan fingerprint density at radius 1 is 1.04 bits per heavy atom. The predicted molar refractivity (Wildman–Crippen MR) is 82.5 cm³/mol. The van der Waals surface area contributed by atoms with Crippen LogP contribution in [0, 0.1) is 6.92 Å². The van der Waals surface area contributed by atoms with Gasteiger partial charge in [-0.1, -0.05) is 17.7 Å². The van der Waals surface area contributed by atoms with Crippen LogP contribution in [0.15, 0.2) is 29.2 Å². The molecule has 0 fully saturated rings. The monoisotopic (exact) mass is 360 g/mol. The van der Waals surface area contributed by atoms with Crippen LogP contribution in [0.1, 0.15) is 19.4 Å². The van der Waals surface area contributed by atoms with Crippen molar-refractivity contribution in [2.24, 2.45) is 0 Å². The van der Waals surface area contributed by atoms with Crippen molar-refractivity contribution in [3.05, 3.63) is 29.8 Å². The van der Waals surface area contributed by atoms with Crippen molar-refractivity contribution >= 4 is 22.1 Å². The summed E-state index contributed by atoms with van der Waals surface area (Å²) in [5.74, 6) is -2.37. The third kappa shape index (κ3) is 5.29. The first-order chi connectivity index (χ1) is 11.2. The lowest BCUT2D eigenvalue weighted by atomic mass is 10.2. The highest BCUT2D eigenvalue weighted by molar-refractivity contribution is 7.86. The molecule has 1 aromatic rings. The maximum absolute atomic E-state index is 12.3.